The summed E-state index contributed by atoms with van der Waals surface area (Å²) >= 11 is 0. The van der Waals surface area contributed by atoms with E-state index >= 15 is 0 Å². The molecule has 30 heavy (non-hydrogen) atoms. The first-order valence-corrected chi connectivity index (χ1v) is 10.7. The SMILES string of the molecule is CC(C)Oc1cccc(CCCNC(=O)CC(c2ccccc2)c2ccccc2)c1. The molecule has 1 amide bonds. The van der Waals surface area contributed by atoms with E-state index in [0.717, 1.165) is 18.6 Å². The van der Waals surface area contributed by atoms with Crippen LogP contribution >= 0.6 is 0 Å². The van der Waals surface area contributed by atoms with Crippen molar-refractivity contribution in [3.8, 4) is 5.75 Å². The Morgan fingerprint density at radius 3 is 2.10 bits per heavy atom. The van der Waals surface area contributed by atoms with E-state index in [4.69, 9.17) is 4.74 Å². The summed E-state index contributed by atoms with van der Waals surface area (Å²) < 4.78 is 5.76. The second-order valence-electron chi connectivity index (χ2n) is 7.85. The van der Waals surface area contributed by atoms with Crippen LogP contribution in [0.4, 0.5) is 0 Å². The van der Waals surface area contributed by atoms with Crippen molar-refractivity contribution in [1.82, 2.24) is 5.32 Å². The van der Waals surface area contributed by atoms with Crippen molar-refractivity contribution in [2.45, 2.75) is 45.1 Å². The maximum Gasteiger partial charge on any atom is 0.220 e. The summed E-state index contributed by atoms with van der Waals surface area (Å²) in [6.07, 6.45) is 2.43. The van der Waals surface area contributed by atoms with E-state index in [1.54, 1.807) is 0 Å². The van der Waals surface area contributed by atoms with Crippen LogP contribution in [0, 0.1) is 0 Å². The molecule has 156 valence electrons. The van der Waals surface area contributed by atoms with Gasteiger partial charge in [0.2, 0.25) is 5.91 Å². The van der Waals surface area contributed by atoms with E-state index < -0.39 is 0 Å². The topological polar surface area (TPSA) is 38.3 Å². The van der Waals surface area contributed by atoms with Crippen molar-refractivity contribution in [3.63, 3.8) is 0 Å². The predicted octanol–water partition coefficient (Wildman–Crippen LogP) is 5.74. The van der Waals surface area contributed by atoms with Gasteiger partial charge < -0.3 is 10.1 Å². The summed E-state index contributed by atoms with van der Waals surface area (Å²) in [6, 6.07) is 28.7. The van der Waals surface area contributed by atoms with Gasteiger partial charge in [-0.05, 0) is 55.5 Å². The third-order valence-electron chi connectivity index (χ3n) is 5.03. The maximum atomic E-state index is 12.7. The average Bonchev–Trinajstić information content (AvgIpc) is 2.76. The van der Waals surface area contributed by atoms with E-state index in [2.05, 4.69) is 41.7 Å². The minimum Gasteiger partial charge on any atom is -0.491 e. The van der Waals surface area contributed by atoms with Crippen LogP contribution in [0.15, 0.2) is 84.9 Å². The second-order valence-corrected chi connectivity index (χ2v) is 7.85. The van der Waals surface area contributed by atoms with Crippen molar-refractivity contribution in [3.05, 3.63) is 102 Å². The molecule has 0 aromatic heterocycles. The Balaban J connectivity index is 1.52. The fourth-order valence-electron chi connectivity index (χ4n) is 3.62. The fourth-order valence-corrected chi connectivity index (χ4v) is 3.62. The van der Waals surface area contributed by atoms with Crippen molar-refractivity contribution in [2.24, 2.45) is 0 Å². The second kappa shape index (κ2) is 11.2. The number of hydrogen-bond acceptors (Lipinski definition) is 2. The molecule has 0 aliphatic heterocycles. The number of hydrogen-bond donors (Lipinski definition) is 1. The van der Waals surface area contributed by atoms with E-state index in [9.17, 15) is 4.79 Å². The molecule has 3 heteroatoms. The van der Waals surface area contributed by atoms with E-state index in [1.165, 1.54) is 16.7 Å². The molecule has 0 spiro atoms. The van der Waals surface area contributed by atoms with Crippen LogP contribution in [-0.2, 0) is 11.2 Å². The zero-order chi connectivity index (χ0) is 21.2. The fraction of sp³-hybridized carbons (Fsp3) is 0.296. The standard InChI is InChI=1S/C27H31NO2/c1-21(2)30-25-17-9-11-22(19-25)12-10-18-28-27(29)20-26(23-13-5-3-6-14-23)24-15-7-4-8-16-24/h3-9,11,13-17,19,21,26H,10,12,18,20H2,1-2H3,(H,28,29). The molecule has 0 heterocycles. The number of nitrogens with one attached hydrogen (secondary N) is 1. The Morgan fingerprint density at radius 2 is 1.50 bits per heavy atom. The summed E-state index contributed by atoms with van der Waals surface area (Å²) in [6.45, 7) is 4.73. The summed E-state index contributed by atoms with van der Waals surface area (Å²) in [4.78, 5) is 12.7. The zero-order valence-electron chi connectivity index (χ0n) is 17.9. The smallest absolute Gasteiger partial charge is 0.220 e. The first-order valence-electron chi connectivity index (χ1n) is 10.7. The van der Waals surface area contributed by atoms with Crippen molar-refractivity contribution in [1.29, 1.82) is 0 Å². The molecule has 0 aliphatic carbocycles. The molecule has 0 unspecified atom stereocenters. The lowest BCUT2D eigenvalue weighted by Gasteiger charge is -2.18. The van der Waals surface area contributed by atoms with E-state index in [-0.39, 0.29) is 17.9 Å². The molecule has 0 saturated heterocycles. The lowest BCUT2D eigenvalue weighted by Crippen LogP contribution is -2.26. The van der Waals surface area contributed by atoms with Gasteiger partial charge in [-0.2, -0.15) is 0 Å². The first kappa shape index (κ1) is 21.6. The highest BCUT2D eigenvalue weighted by molar-refractivity contribution is 5.77. The Morgan fingerprint density at radius 1 is 0.867 bits per heavy atom. The van der Waals surface area contributed by atoms with Gasteiger partial charge in [-0.25, -0.2) is 0 Å². The molecule has 3 aromatic rings. The molecule has 0 saturated carbocycles. The lowest BCUT2D eigenvalue weighted by atomic mass is 9.88. The van der Waals surface area contributed by atoms with Gasteiger partial charge in [-0.15, -0.1) is 0 Å². The van der Waals surface area contributed by atoms with Crippen LogP contribution in [0.2, 0.25) is 0 Å². The van der Waals surface area contributed by atoms with Gasteiger partial charge in [0.1, 0.15) is 5.75 Å². The molecular weight excluding hydrogens is 370 g/mol. The van der Waals surface area contributed by atoms with Gasteiger partial charge in [0.15, 0.2) is 0 Å². The molecule has 3 nitrogen and oxygen atoms in total. The van der Waals surface area contributed by atoms with Crippen molar-refractivity contribution >= 4 is 5.91 Å². The van der Waals surface area contributed by atoms with Gasteiger partial charge in [0.05, 0.1) is 6.10 Å². The minimum absolute atomic E-state index is 0.0669. The summed E-state index contributed by atoms with van der Waals surface area (Å²) in [5, 5.41) is 3.10. The van der Waals surface area contributed by atoms with Crippen LogP contribution < -0.4 is 10.1 Å². The van der Waals surface area contributed by atoms with Crippen molar-refractivity contribution in [2.75, 3.05) is 6.54 Å². The van der Waals surface area contributed by atoms with E-state index in [0.29, 0.717) is 13.0 Å². The van der Waals surface area contributed by atoms with Gasteiger partial charge in [-0.3, -0.25) is 4.79 Å². The highest BCUT2D eigenvalue weighted by Gasteiger charge is 2.17. The summed E-state index contributed by atoms with van der Waals surface area (Å²) in [5.74, 6) is 1.06. The van der Waals surface area contributed by atoms with Crippen molar-refractivity contribution < 1.29 is 9.53 Å². The largest absolute Gasteiger partial charge is 0.491 e. The Hall–Kier alpha value is -3.07. The molecule has 0 aliphatic rings. The van der Waals surface area contributed by atoms with Crippen LogP contribution in [0.3, 0.4) is 0 Å². The number of amides is 1. The Kier molecular flexibility index (Phi) is 8.08. The number of carbonyl (C=O) groups is 1. The number of aryl methyl sites for hydroxylation is 1. The quantitative estimate of drug-likeness (QED) is 0.440. The molecular formula is C27H31NO2. The first-order chi connectivity index (χ1) is 14.6. The van der Waals surface area contributed by atoms with Crippen LogP contribution in [0.25, 0.3) is 0 Å². The monoisotopic (exact) mass is 401 g/mol. The molecule has 0 radical (unpaired) electrons. The zero-order valence-corrected chi connectivity index (χ0v) is 17.9. The number of carbonyl (C=O) groups excluding carboxylic acids is 1. The predicted molar refractivity (Wildman–Crippen MR) is 123 cm³/mol. The molecule has 3 rings (SSSR count). The normalized spacial score (nSPS) is 10.9. The highest BCUT2D eigenvalue weighted by atomic mass is 16.5. The maximum absolute atomic E-state index is 12.7. The molecule has 1 N–H and O–H groups in total. The molecule has 0 bridgehead atoms. The van der Waals surface area contributed by atoms with Gasteiger partial charge in [-0.1, -0.05) is 72.8 Å². The Labute approximate surface area is 180 Å². The van der Waals surface area contributed by atoms with Crippen LogP contribution in [-0.4, -0.2) is 18.6 Å². The molecule has 0 atom stereocenters. The van der Waals surface area contributed by atoms with Gasteiger partial charge in [0.25, 0.3) is 0 Å². The third kappa shape index (κ3) is 6.77. The number of benzene rings is 3. The van der Waals surface area contributed by atoms with Gasteiger partial charge >= 0.3 is 0 Å². The number of rotatable bonds is 10. The molecule has 3 aromatic carbocycles. The van der Waals surface area contributed by atoms with Crippen LogP contribution in [0.1, 0.15) is 49.3 Å². The van der Waals surface area contributed by atoms with E-state index in [1.807, 2.05) is 62.4 Å². The van der Waals surface area contributed by atoms with Gasteiger partial charge in [0, 0.05) is 18.9 Å². The number of ether oxygens (including phenoxy) is 1. The third-order valence-corrected chi connectivity index (χ3v) is 5.03. The Bertz CT molecular complexity index is 867. The molecule has 0 fully saturated rings. The lowest BCUT2D eigenvalue weighted by molar-refractivity contribution is -0.121. The van der Waals surface area contributed by atoms with Crippen LogP contribution in [0.5, 0.6) is 5.75 Å². The summed E-state index contributed by atoms with van der Waals surface area (Å²) in [7, 11) is 0. The minimum atomic E-state index is 0.0669. The average molecular weight is 402 g/mol. The highest BCUT2D eigenvalue weighted by Crippen LogP contribution is 2.27. The summed E-state index contributed by atoms with van der Waals surface area (Å²) in [5.41, 5.74) is 3.57.